The van der Waals surface area contributed by atoms with Crippen molar-refractivity contribution >= 4 is 33.5 Å². The molecule has 2 aliphatic rings. The number of aromatic nitrogens is 1. The van der Waals surface area contributed by atoms with E-state index in [4.69, 9.17) is 4.74 Å². The van der Waals surface area contributed by atoms with Crippen molar-refractivity contribution in [3.05, 3.63) is 52.1 Å². The van der Waals surface area contributed by atoms with Gasteiger partial charge in [0.2, 0.25) is 0 Å². The van der Waals surface area contributed by atoms with Crippen molar-refractivity contribution < 1.29 is 9.53 Å². The normalized spacial score (nSPS) is 17.2. The number of fused-ring (bicyclic) bond motifs is 1. The average molecular weight is 374 g/mol. The molecule has 0 atom stereocenters. The molecule has 5 nitrogen and oxygen atoms in total. The van der Waals surface area contributed by atoms with Gasteiger partial charge in [0.25, 0.3) is 0 Å². The second kappa shape index (κ2) is 5.85. The molecule has 0 spiro atoms. The zero-order chi connectivity index (χ0) is 15.8. The Hall–Kier alpha value is -2.08. The Labute approximate surface area is 143 Å². The molecule has 1 aromatic heterocycles. The minimum Gasteiger partial charge on any atom is -0.447 e. The molecule has 1 fully saturated rings. The molecule has 4 rings (SSSR count). The standard InChI is InChI=1S/C17H16BrN3O2/c18-13-4-5-16(19-10-13)20-7-6-14-12(11-20)2-1-3-15(14)21-8-9-23-17(21)22/h1-5,10H,6-9,11H2. The predicted octanol–water partition coefficient (Wildman–Crippen LogP) is 3.36. The summed E-state index contributed by atoms with van der Waals surface area (Å²) in [6, 6.07) is 10.2. The van der Waals surface area contributed by atoms with Gasteiger partial charge in [-0.15, -0.1) is 0 Å². The van der Waals surface area contributed by atoms with Crippen molar-refractivity contribution in [3.63, 3.8) is 0 Å². The summed E-state index contributed by atoms with van der Waals surface area (Å²) in [4.78, 5) is 20.3. The van der Waals surface area contributed by atoms with Crippen LogP contribution in [0.1, 0.15) is 11.1 Å². The maximum Gasteiger partial charge on any atom is 0.414 e. The number of anilines is 2. The van der Waals surface area contributed by atoms with Crippen LogP contribution in [0.2, 0.25) is 0 Å². The Morgan fingerprint density at radius 3 is 2.83 bits per heavy atom. The second-order valence-electron chi connectivity index (χ2n) is 5.69. The van der Waals surface area contributed by atoms with Crippen LogP contribution in [0.5, 0.6) is 0 Å². The number of carbonyl (C=O) groups is 1. The smallest absolute Gasteiger partial charge is 0.414 e. The van der Waals surface area contributed by atoms with Gasteiger partial charge < -0.3 is 9.64 Å². The van der Waals surface area contributed by atoms with Crippen LogP contribution in [-0.2, 0) is 17.7 Å². The Kier molecular flexibility index (Phi) is 3.69. The first-order chi connectivity index (χ1) is 11.2. The summed E-state index contributed by atoms with van der Waals surface area (Å²) in [5, 5.41) is 0. The van der Waals surface area contributed by atoms with Crippen molar-refractivity contribution in [1.82, 2.24) is 4.98 Å². The number of hydrogen-bond acceptors (Lipinski definition) is 4. The molecule has 0 aliphatic carbocycles. The van der Waals surface area contributed by atoms with Gasteiger partial charge in [0, 0.05) is 23.8 Å². The van der Waals surface area contributed by atoms with Crippen LogP contribution in [0.15, 0.2) is 41.0 Å². The molecular weight excluding hydrogens is 358 g/mol. The van der Waals surface area contributed by atoms with E-state index in [9.17, 15) is 4.79 Å². The third kappa shape index (κ3) is 2.67. The van der Waals surface area contributed by atoms with E-state index in [1.54, 1.807) is 4.90 Å². The van der Waals surface area contributed by atoms with E-state index in [1.807, 2.05) is 30.5 Å². The summed E-state index contributed by atoms with van der Waals surface area (Å²) in [7, 11) is 0. The fraction of sp³-hybridized carbons (Fsp3) is 0.294. The average Bonchev–Trinajstić information content (AvgIpc) is 3.00. The van der Waals surface area contributed by atoms with E-state index in [2.05, 4.69) is 31.9 Å². The van der Waals surface area contributed by atoms with Crippen LogP contribution in [0.25, 0.3) is 0 Å². The number of ether oxygens (including phenoxy) is 1. The Morgan fingerprint density at radius 1 is 1.17 bits per heavy atom. The van der Waals surface area contributed by atoms with E-state index < -0.39 is 0 Å². The molecule has 1 amide bonds. The number of pyridine rings is 1. The minimum atomic E-state index is -0.240. The third-order valence-electron chi connectivity index (χ3n) is 4.33. The molecule has 0 radical (unpaired) electrons. The predicted molar refractivity (Wildman–Crippen MR) is 91.8 cm³/mol. The highest BCUT2D eigenvalue weighted by atomic mass is 79.9. The lowest BCUT2D eigenvalue weighted by Crippen LogP contribution is -2.33. The Balaban J connectivity index is 1.63. The number of halogens is 1. The van der Waals surface area contributed by atoms with Crippen molar-refractivity contribution in [2.45, 2.75) is 13.0 Å². The Morgan fingerprint density at radius 2 is 2.09 bits per heavy atom. The fourth-order valence-electron chi connectivity index (χ4n) is 3.21. The van der Waals surface area contributed by atoms with E-state index in [0.29, 0.717) is 13.2 Å². The molecule has 3 heterocycles. The fourth-order valence-corrected chi connectivity index (χ4v) is 3.44. The molecular formula is C17H16BrN3O2. The SMILES string of the molecule is O=C1OCCN1c1cccc2c1CCN(c1ccc(Br)cn1)C2. The Bertz CT molecular complexity index is 748. The second-order valence-corrected chi connectivity index (χ2v) is 6.60. The monoisotopic (exact) mass is 373 g/mol. The van der Waals surface area contributed by atoms with Gasteiger partial charge in [-0.2, -0.15) is 0 Å². The van der Waals surface area contributed by atoms with E-state index in [0.717, 1.165) is 35.5 Å². The first-order valence-corrected chi connectivity index (χ1v) is 8.43. The van der Waals surface area contributed by atoms with Crippen LogP contribution >= 0.6 is 15.9 Å². The largest absolute Gasteiger partial charge is 0.447 e. The number of benzene rings is 1. The van der Waals surface area contributed by atoms with Gasteiger partial charge in [0.15, 0.2) is 0 Å². The lowest BCUT2D eigenvalue weighted by molar-refractivity contribution is 0.181. The van der Waals surface area contributed by atoms with Gasteiger partial charge in [-0.25, -0.2) is 9.78 Å². The quantitative estimate of drug-likeness (QED) is 0.809. The van der Waals surface area contributed by atoms with Crippen LogP contribution < -0.4 is 9.80 Å². The van der Waals surface area contributed by atoms with Crippen molar-refractivity contribution in [3.8, 4) is 0 Å². The molecule has 1 saturated heterocycles. The highest BCUT2D eigenvalue weighted by molar-refractivity contribution is 9.10. The molecule has 0 N–H and O–H groups in total. The first-order valence-electron chi connectivity index (χ1n) is 7.64. The molecule has 1 aromatic carbocycles. The highest BCUT2D eigenvalue weighted by Crippen LogP contribution is 2.32. The molecule has 2 aliphatic heterocycles. The summed E-state index contributed by atoms with van der Waals surface area (Å²) in [5.74, 6) is 0.977. The van der Waals surface area contributed by atoms with Crippen molar-refractivity contribution in [2.24, 2.45) is 0 Å². The van der Waals surface area contributed by atoms with Crippen LogP contribution in [0.3, 0.4) is 0 Å². The van der Waals surface area contributed by atoms with Gasteiger partial charge in [-0.05, 0) is 51.7 Å². The van der Waals surface area contributed by atoms with E-state index >= 15 is 0 Å². The molecule has 118 valence electrons. The van der Waals surface area contributed by atoms with E-state index in [1.165, 1.54) is 11.1 Å². The number of nitrogens with zero attached hydrogens (tertiary/aromatic N) is 3. The molecule has 0 bridgehead atoms. The number of carbonyl (C=O) groups excluding carboxylic acids is 1. The van der Waals surface area contributed by atoms with Gasteiger partial charge in [0.05, 0.1) is 12.2 Å². The van der Waals surface area contributed by atoms with Gasteiger partial charge in [-0.1, -0.05) is 12.1 Å². The number of rotatable bonds is 2. The van der Waals surface area contributed by atoms with Gasteiger partial charge in [-0.3, -0.25) is 4.90 Å². The van der Waals surface area contributed by atoms with Crippen LogP contribution in [0.4, 0.5) is 16.3 Å². The van der Waals surface area contributed by atoms with Crippen molar-refractivity contribution in [2.75, 3.05) is 29.5 Å². The number of cyclic esters (lactones) is 1. The number of hydrogen-bond donors (Lipinski definition) is 0. The lowest BCUT2D eigenvalue weighted by atomic mass is 9.97. The topological polar surface area (TPSA) is 45.7 Å². The molecule has 6 heteroatoms. The lowest BCUT2D eigenvalue weighted by Gasteiger charge is -2.32. The zero-order valence-electron chi connectivity index (χ0n) is 12.5. The number of amides is 1. The molecule has 0 unspecified atom stereocenters. The van der Waals surface area contributed by atoms with Crippen molar-refractivity contribution in [1.29, 1.82) is 0 Å². The zero-order valence-corrected chi connectivity index (χ0v) is 14.1. The summed E-state index contributed by atoms with van der Waals surface area (Å²) in [5.41, 5.74) is 3.49. The summed E-state index contributed by atoms with van der Waals surface area (Å²) in [6.07, 6.45) is 2.48. The maximum absolute atomic E-state index is 11.9. The summed E-state index contributed by atoms with van der Waals surface area (Å²) in [6.45, 7) is 2.80. The molecule has 23 heavy (non-hydrogen) atoms. The highest BCUT2D eigenvalue weighted by Gasteiger charge is 2.28. The van der Waals surface area contributed by atoms with Gasteiger partial charge in [0.1, 0.15) is 12.4 Å². The minimum absolute atomic E-state index is 0.240. The van der Waals surface area contributed by atoms with Crippen LogP contribution in [0, 0.1) is 0 Å². The van der Waals surface area contributed by atoms with Crippen LogP contribution in [-0.4, -0.2) is 30.8 Å². The van der Waals surface area contributed by atoms with Gasteiger partial charge >= 0.3 is 6.09 Å². The summed E-state index contributed by atoms with van der Waals surface area (Å²) < 4.78 is 6.05. The molecule has 2 aromatic rings. The maximum atomic E-state index is 11.9. The summed E-state index contributed by atoms with van der Waals surface area (Å²) >= 11 is 3.42. The van der Waals surface area contributed by atoms with E-state index in [-0.39, 0.29) is 6.09 Å². The first kappa shape index (κ1) is 14.5. The molecule has 0 saturated carbocycles. The third-order valence-corrected chi connectivity index (χ3v) is 4.80.